The van der Waals surface area contributed by atoms with Gasteiger partial charge in [0.2, 0.25) is 0 Å². The van der Waals surface area contributed by atoms with Crippen molar-refractivity contribution in [1.29, 1.82) is 0 Å². The molecule has 1 aromatic rings. The number of hydrogen-bond donors (Lipinski definition) is 2. The summed E-state index contributed by atoms with van der Waals surface area (Å²) in [5.74, 6) is 0. The number of quaternary nitrogens is 2. The summed E-state index contributed by atoms with van der Waals surface area (Å²) < 4.78 is 1.24. The van der Waals surface area contributed by atoms with Crippen LogP contribution in [0.5, 0.6) is 0 Å². The Balaban J connectivity index is 1.88. The number of hydrogen-bond acceptors (Lipinski definition) is 1. The van der Waals surface area contributed by atoms with Crippen LogP contribution in [0.2, 0.25) is 0 Å². The van der Waals surface area contributed by atoms with Gasteiger partial charge in [-0.15, -0.1) is 11.3 Å². The first-order valence-electron chi connectivity index (χ1n) is 5.62. The first-order chi connectivity index (χ1) is 7.24. The van der Waals surface area contributed by atoms with Crippen molar-refractivity contribution in [1.82, 2.24) is 0 Å². The first-order valence-corrected chi connectivity index (χ1v) is 7.29. The average Bonchev–Trinajstić information content (AvgIpc) is 2.48. The Morgan fingerprint density at radius 3 is 2.93 bits per heavy atom. The fourth-order valence-corrected chi connectivity index (χ4v) is 3.67. The largest absolute Gasteiger partial charge is 0.333 e. The van der Waals surface area contributed by atoms with Gasteiger partial charge in [-0.3, -0.25) is 0 Å². The van der Waals surface area contributed by atoms with E-state index in [1.165, 1.54) is 48.5 Å². The third-order valence-electron chi connectivity index (χ3n) is 3.09. The maximum absolute atomic E-state index is 3.52. The van der Waals surface area contributed by atoms with Crippen molar-refractivity contribution in [3.05, 3.63) is 20.8 Å². The first kappa shape index (κ1) is 11.6. The van der Waals surface area contributed by atoms with Gasteiger partial charge < -0.3 is 9.80 Å². The predicted molar refractivity (Wildman–Crippen MR) is 67.7 cm³/mol. The summed E-state index contributed by atoms with van der Waals surface area (Å²) in [6.07, 6.45) is 1.37. The Hall–Kier alpha value is 0.1000. The number of thiophene rings is 1. The van der Waals surface area contributed by atoms with Crippen LogP contribution in [0, 0.1) is 0 Å². The normalized spacial score (nSPS) is 27.6. The van der Waals surface area contributed by atoms with Crippen molar-refractivity contribution >= 4 is 27.3 Å². The van der Waals surface area contributed by atoms with Crippen LogP contribution < -0.4 is 9.80 Å². The number of nitrogens with one attached hydrogen (secondary N) is 2. The Labute approximate surface area is 104 Å². The van der Waals surface area contributed by atoms with E-state index in [0.717, 1.165) is 0 Å². The minimum absolute atomic E-state index is 1.21. The van der Waals surface area contributed by atoms with Gasteiger partial charge in [0, 0.05) is 16.3 Å². The number of rotatable bonds is 2. The van der Waals surface area contributed by atoms with Crippen LogP contribution >= 0.6 is 27.3 Å². The van der Waals surface area contributed by atoms with Crippen LogP contribution in [0.1, 0.15) is 11.3 Å². The highest BCUT2D eigenvalue weighted by Crippen LogP contribution is 2.18. The maximum Gasteiger partial charge on any atom is 0.127 e. The van der Waals surface area contributed by atoms with Crippen LogP contribution in [-0.4, -0.2) is 33.2 Å². The van der Waals surface area contributed by atoms with Gasteiger partial charge in [-0.05, 0) is 22.0 Å². The zero-order valence-electron chi connectivity index (χ0n) is 9.18. The molecule has 1 aromatic heterocycles. The van der Waals surface area contributed by atoms with Crippen LogP contribution in [0.15, 0.2) is 15.9 Å². The monoisotopic (exact) mass is 290 g/mol. The molecule has 2 rings (SSSR count). The molecule has 15 heavy (non-hydrogen) atoms. The lowest BCUT2D eigenvalue weighted by Gasteiger charge is -2.14. The molecule has 2 nitrogen and oxygen atoms in total. The molecule has 2 atom stereocenters. The maximum atomic E-state index is 3.52. The molecule has 2 N–H and O–H groups in total. The lowest BCUT2D eigenvalue weighted by molar-refractivity contribution is -0.938. The summed E-state index contributed by atoms with van der Waals surface area (Å²) in [5.41, 5.74) is 0. The summed E-state index contributed by atoms with van der Waals surface area (Å²) in [4.78, 5) is 4.95. The second-order valence-corrected chi connectivity index (χ2v) is 6.38. The van der Waals surface area contributed by atoms with Crippen LogP contribution in [0.3, 0.4) is 0 Å². The number of halogens is 1. The summed E-state index contributed by atoms with van der Waals surface area (Å²) in [6, 6.07) is 2.26. The molecule has 1 aliphatic rings. The molecular formula is C11H19BrN2S+2. The van der Waals surface area contributed by atoms with Gasteiger partial charge in [0.25, 0.3) is 0 Å². The second kappa shape index (κ2) is 5.43. The van der Waals surface area contributed by atoms with Gasteiger partial charge in [0.1, 0.15) is 19.6 Å². The van der Waals surface area contributed by atoms with E-state index in [1.807, 2.05) is 11.3 Å². The molecular weight excluding hydrogens is 272 g/mol. The van der Waals surface area contributed by atoms with Gasteiger partial charge in [0.05, 0.1) is 25.0 Å². The summed E-state index contributed by atoms with van der Waals surface area (Å²) in [5, 5.41) is 2.18. The van der Waals surface area contributed by atoms with Gasteiger partial charge in [-0.25, -0.2) is 0 Å². The molecule has 1 saturated heterocycles. The molecule has 0 aromatic carbocycles. The van der Waals surface area contributed by atoms with Crippen molar-refractivity contribution < 1.29 is 9.80 Å². The zero-order chi connectivity index (χ0) is 10.7. The molecule has 84 valence electrons. The van der Waals surface area contributed by atoms with Crippen molar-refractivity contribution in [3.63, 3.8) is 0 Å². The Morgan fingerprint density at radius 2 is 2.20 bits per heavy atom. The minimum atomic E-state index is 1.21. The fourth-order valence-electron chi connectivity index (χ4n) is 2.15. The molecule has 0 saturated carbocycles. The molecule has 4 heteroatoms. The standard InChI is InChI=1S/C11H17BrN2S/c1-13-3-2-4-14(6-5-13)8-11-7-10(12)9-15-11/h7,9H,2-6,8H2,1H3/p+2. The molecule has 0 bridgehead atoms. The third kappa shape index (κ3) is 3.55. The van der Waals surface area contributed by atoms with Gasteiger partial charge >= 0.3 is 0 Å². The van der Waals surface area contributed by atoms with Crippen molar-refractivity contribution in [2.24, 2.45) is 0 Å². The molecule has 1 aliphatic heterocycles. The van der Waals surface area contributed by atoms with Crippen LogP contribution in [0.4, 0.5) is 0 Å². The van der Waals surface area contributed by atoms with Crippen molar-refractivity contribution in [2.45, 2.75) is 13.0 Å². The van der Waals surface area contributed by atoms with Crippen molar-refractivity contribution in [3.8, 4) is 0 Å². The predicted octanol–water partition coefficient (Wildman–Crippen LogP) is -0.186. The molecule has 0 amide bonds. The van der Waals surface area contributed by atoms with Crippen LogP contribution in [-0.2, 0) is 6.54 Å². The van der Waals surface area contributed by atoms with Gasteiger partial charge in [-0.2, -0.15) is 0 Å². The Kier molecular flexibility index (Phi) is 4.20. The average molecular weight is 291 g/mol. The highest BCUT2D eigenvalue weighted by molar-refractivity contribution is 9.10. The van der Waals surface area contributed by atoms with E-state index in [2.05, 4.69) is 34.4 Å². The molecule has 1 fully saturated rings. The second-order valence-electron chi connectivity index (χ2n) is 4.47. The summed E-state index contributed by atoms with van der Waals surface area (Å²) >= 11 is 5.40. The highest BCUT2D eigenvalue weighted by atomic mass is 79.9. The van der Waals surface area contributed by atoms with E-state index < -0.39 is 0 Å². The summed E-state index contributed by atoms with van der Waals surface area (Å²) in [6.45, 7) is 6.54. The van der Waals surface area contributed by atoms with E-state index in [1.54, 1.807) is 9.80 Å². The van der Waals surface area contributed by atoms with E-state index in [9.17, 15) is 0 Å². The molecule has 2 heterocycles. The molecule has 0 radical (unpaired) electrons. The summed E-state index contributed by atoms with van der Waals surface area (Å²) in [7, 11) is 2.31. The minimum Gasteiger partial charge on any atom is -0.333 e. The quantitative estimate of drug-likeness (QED) is 0.748. The fraction of sp³-hybridized carbons (Fsp3) is 0.636. The molecule has 2 unspecified atom stereocenters. The Morgan fingerprint density at radius 1 is 1.33 bits per heavy atom. The number of likely N-dealkylation sites (N-methyl/N-ethyl adjacent to an activating group) is 1. The van der Waals surface area contributed by atoms with E-state index in [4.69, 9.17) is 0 Å². The van der Waals surface area contributed by atoms with E-state index in [0.29, 0.717) is 0 Å². The third-order valence-corrected chi connectivity index (χ3v) is 4.78. The van der Waals surface area contributed by atoms with E-state index >= 15 is 0 Å². The zero-order valence-corrected chi connectivity index (χ0v) is 11.6. The smallest absolute Gasteiger partial charge is 0.127 e. The molecule has 0 spiro atoms. The topological polar surface area (TPSA) is 8.88 Å². The SMILES string of the molecule is C[NH+]1CCC[NH+](Cc2cc(Br)cs2)CC1. The molecule has 0 aliphatic carbocycles. The van der Waals surface area contributed by atoms with E-state index in [-0.39, 0.29) is 0 Å². The van der Waals surface area contributed by atoms with Gasteiger partial charge in [-0.1, -0.05) is 0 Å². The van der Waals surface area contributed by atoms with Crippen LogP contribution in [0.25, 0.3) is 0 Å². The van der Waals surface area contributed by atoms with Gasteiger partial charge in [0.15, 0.2) is 0 Å². The van der Waals surface area contributed by atoms with Crippen molar-refractivity contribution in [2.75, 3.05) is 33.2 Å². The lowest BCUT2D eigenvalue weighted by Crippen LogP contribution is -3.15. The Bertz CT molecular complexity index is 313. The highest BCUT2D eigenvalue weighted by Gasteiger charge is 2.17. The lowest BCUT2D eigenvalue weighted by atomic mass is 10.3.